The first-order valence-corrected chi connectivity index (χ1v) is 12.6. The van der Waals surface area contributed by atoms with Gasteiger partial charge in [0.1, 0.15) is 0 Å². The van der Waals surface area contributed by atoms with Gasteiger partial charge in [-0.15, -0.1) is 0 Å². The molecule has 0 radical (unpaired) electrons. The Morgan fingerprint density at radius 2 is 1.74 bits per heavy atom. The minimum atomic E-state index is -0.458. The highest BCUT2D eigenvalue weighted by Gasteiger charge is 2.18. The Morgan fingerprint density at radius 3 is 2.37 bits per heavy atom. The van der Waals surface area contributed by atoms with Gasteiger partial charge in [-0.05, 0) is 80.6 Å². The maximum absolute atomic E-state index is 12.7. The first-order valence-electron chi connectivity index (χ1n) is 12.6. The van der Waals surface area contributed by atoms with E-state index < -0.39 is 5.97 Å². The number of hydrogen-bond donors (Lipinski definition) is 1. The average molecular weight is 476 g/mol. The zero-order valence-corrected chi connectivity index (χ0v) is 21.6. The molecular formula is C29H37N3O3. The van der Waals surface area contributed by atoms with Gasteiger partial charge in [0.2, 0.25) is 0 Å². The van der Waals surface area contributed by atoms with E-state index in [1.54, 1.807) is 29.8 Å². The third-order valence-electron chi connectivity index (χ3n) is 6.47. The van der Waals surface area contributed by atoms with Crippen LogP contribution < -0.4 is 5.32 Å². The summed E-state index contributed by atoms with van der Waals surface area (Å²) in [7, 11) is 0. The van der Waals surface area contributed by atoms with Crippen molar-refractivity contribution < 1.29 is 14.3 Å². The third-order valence-corrected chi connectivity index (χ3v) is 6.47. The van der Waals surface area contributed by atoms with Crippen LogP contribution in [0.25, 0.3) is 16.9 Å². The smallest absolute Gasteiger partial charge is 0.358 e. The highest BCUT2D eigenvalue weighted by atomic mass is 16.5. The summed E-state index contributed by atoms with van der Waals surface area (Å²) in [6.45, 7) is 11.2. The number of rotatable bonds is 11. The summed E-state index contributed by atoms with van der Waals surface area (Å²) in [5, 5.41) is 7.62. The molecule has 3 rings (SSSR count). The van der Waals surface area contributed by atoms with Crippen molar-refractivity contribution in [2.75, 3.05) is 13.2 Å². The van der Waals surface area contributed by atoms with Crippen LogP contribution in [-0.4, -0.2) is 34.8 Å². The van der Waals surface area contributed by atoms with E-state index in [1.807, 2.05) is 18.2 Å². The van der Waals surface area contributed by atoms with E-state index in [4.69, 9.17) is 4.74 Å². The number of hydrogen-bond acceptors (Lipinski definition) is 4. The van der Waals surface area contributed by atoms with Crippen molar-refractivity contribution in [1.82, 2.24) is 15.1 Å². The molecule has 1 unspecified atom stereocenters. The fourth-order valence-corrected chi connectivity index (χ4v) is 4.03. The van der Waals surface area contributed by atoms with E-state index >= 15 is 0 Å². The molecule has 1 heterocycles. The maximum Gasteiger partial charge on any atom is 0.358 e. The second kappa shape index (κ2) is 12.3. The predicted octanol–water partition coefficient (Wildman–Crippen LogP) is 6.28. The van der Waals surface area contributed by atoms with Gasteiger partial charge >= 0.3 is 5.97 Å². The lowest BCUT2D eigenvalue weighted by Crippen LogP contribution is -2.29. The number of carbonyl (C=O) groups is 2. The number of unbranched alkanes of at least 4 members (excludes halogenated alkanes) is 1. The summed E-state index contributed by atoms with van der Waals surface area (Å²) < 4.78 is 6.91. The molecule has 0 fully saturated rings. The van der Waals surface area contributed by atoms with Gasteiger partial charge in [-0.3, -0.25) is 4.79 Å². The molecule has 0 saturated heterocycles. The van der Waals surface area contributed by atoms with Gasteiger partial charge in [0, 0.05) is 17.7 Å². The Morgan fingerprint density at radius 1 is 1.00 bits per heavy atom. The van der Waals surface area contributed by atoms with Crippen LogP contribution in [0.2, 0.25) is 0 Å². The van der Waals surface area contributed by atoms with Crippen molar-refractivity contribution in [1.29, 1.82) is 0 Å². The second-order valence-electron chi connectivity index (χ2n) is 9.02. The van der Waals surface area contributed by atoms with Gasteiger partial charge in [-0.1, -0.05) is 45.2 Å². The first kappa shape index (κ1) is 26.2. The van der Waals surface area contributed by atoms with Crippen molar-refractivity contribution >= 4 is 11.9 Å². The Kier molecular flexibility index (Phi) is 9.24. The van der Waals surface area contributed by atoms with E-state index in [1.165, 1.54) is 18.4 Å². The van der Waals surface area contributed by atoms with Crippen LogP contribution in [0.1, 0.15) is 78.4 Å². The zero-order chi connectivity index (χ0) is 25.4. The minimum Gasteiger partial charge on any atom is -0.461 e. The zero-order valence-electron chi connectivity index (χ0n) is 21.6. The fraction of sp³-hybridized carbons (Fsp3) is 0.414. The molecule has 6 nitrogen and oxygen atoms in total. The number of esters is 1. The number of aromatic nitrogens is 2. The molecule has 1 N–H and O–H groups in total. The SMILES string of the molecule is CCCCC(CC)CNC(=O)c1ccc(-n2nc(C(=O)OCC)cc2-c2ccc(C)c(C)c2)cc1. The molecule has 186 valence electrons. The van der Waals surface area contributed by atoms with Gasteiger partial charge in [-0.2, -0.15) is 5.10 Å². The van der Waals surface area contributed by atoms with Gasteiger partial charge < -0.3 is 10.1 Å². The summed E-state index contributed by atoms with van der Waals surface area (Å²) in [5.74, 6) is -0.0292. The lowest BCUT2D eigenvalue weighted by molar-refractivity contribution is 0.0518. The Bertz CT molecular complexity index is 1150. The van der Waals surface area contributed by atoms with Gasteiger partial charge in [0.05, 0.1) is 18.0 Å². The van der Waals surface area contributed by atoms with Crippen molar-refractivity contribution in [3.63, 3.8) is 0 Å². The highest BCUT2D eigenvalue weighted by molar-refractivity contribution is 5.94. The fourth-order valence-electron chi connectivity index (χ4n) is 4.03. The van der Waals surface area contributed by atoms with Gasteiger partial charge in [0.15, 0.2) is 5.69 Å². The van der Waals surface area contributed by atoms with Gasteiger partial charge in [-0.25, -0.2) is 9.48 Å². The lowest BCUT2D eigenvalue weighted by atomic mass is 9.99. The topological polar surface area (TPSA) is 73.2 Å². The molecule has 0 saturated carbocycles. The third kappa shape index (κ3) is 6.59. The van der Waals surface area contributed by atoms with Crippen molar-refractivity contribution in [3.05, 3.63) is 70.9 Å². The summed E-state index contributed by atoms with van der Waals surface area (Å²) in [4.78, 5) is 25.1. The number of aryl methyl sites for hydroxylation is 2. The molecule has 0 spiro atoms. The normalized spacial score (nSPS) is 11.8. The van der Waals surface area contributed by atoms with Crippen molar-refractivity contribution in [3.8, 4) is 16.9 Å². The molecule has 2 aromatic carbocycles. The largest absolute Gasteiger partial charge is 0.461 e. The first-order chi connectivity index (χ1) is 16.9. The van der Waals surface area contributed by atoms with Crippen molar-refractivity contribution in [2.45, 2.75) is 60.3 Å². The summed E-state index contributed by atoms with van der Waals surface area (Å²) in [6.07, 6.45) is 4.54. The van der Waals surface area contributed by atoms with Crippen LogP contribution in [-0.2, 0) is 4.74 Å². The molecule has 1 amide bonds. The summed E-state index contributed by atoms with van der Waals surface area (Å²) in [6, 6.07) is 15.2. The maximum atomic E-state index is 12.7. The standard InChI is InChI=1S/C29H37N3O3/c1-6-9-10-22(7-2)19-30-28(33)23-13-15-25(16-14-23)32-27(18-26(31-32)29(34)35-8-3)24-12-11-20(4)21(5)17-24/h11-18,22H,6-10,19H2,1-5H3,(H,30,33). The van der Waals surface area contributed by atoms with Crippen LogP contribution in [0.4, 0.5) is 0 Å². The van der Waals surface area contributed by atoms with E-state index in [9.17, 15) is 9.59 Å². The monoisotopic (exact) mass is 475 g/mol. The predicted molar refractivity (Wildman–Crippen MR) is 140 cm³/mol. The number of benzene rings is 2. The van der Waals surface area contributed by atoms with Crippen LogP contribution in [0.3, 0.4) is 0 Å². The Labute approximate surface area is 208 Å². The van der Waals surface area contributed by atoms with Crippen LogP contribution in [0, 0.1) is 19.8 Å². The van der Waals surface area contributed by atoms with Crippen LogP contribution in [0.5, 0.6) is 0 Å². The Balaban J connectivity index is 1.86. The molecule has 1 aromatic heterocycles. The molecule has 0 aliphatic carbocycles. The second-order valence-corrected chi connectivity index (χ2v) is 9.02. The molecule has 35 heavy (non-hydrogen) atoms. The number of amides is 1. The molecule has 1 atom stereocenters. The Hall–Kier alpha value is -3.41. The molecule has 0 bridgehead atoms. The van der Waals surface area contributed by atoms with E-state index in [-0.39, 0.29) is 18.2 Å². The van der Waals surface area contributed by atoms with Crippen molar-refractivity contribution in [2.24, 2.45) is 5.92 Å². The quantitative estimate of drug-likeness (QED) is 0.331. The molecule has 6 heteroatoms. The summed E-state index contributed by atoms with van der Waals surface area (Å²) >= 11 is 0. The lowest BCUT2D eigenvalue weighted by Gasteiger charge is -2.15. The molecule has 3 aromatic rings. The van der Waals surface area contributed by atoms with Gasteiger partial charge in [0.25, 0.3) is 5.91 Å². The highest BCUT2D eigenvalue weighted by Crippen LogP contribution is 2.26. The number of nitrogens with zero attached hydrogens (tertiary/aromatic N) is 2. The average Bonchev–Trinajstić information content (AvgIpc) is 3.31. The van der Waals surface area contributed by atoms with E-state index in [0.717, 1.165) is 35.3 Å². The molecule has 0 aliphatic rings. The molecular weight excluding hydrogens is 438 g/mol. The number of carbonyl (C=O) groups excluding carboxylic acids is 2. The van der Waals surface area contributed by atoms with Crippen LogP contribution >= 0.6 is 0 Å². The number of nitrogens with one attached hydrogen (secondary N) is 1. The minimum absolute atomic E-state index is 0.0754. The summed E-state index contributed by atoms with van der Waals surface area (Å²) in [5.41, 5.74) is 5.71. The van der Waals surface area contributed by atoms with E-state index in [2.05, 4.69) is 50.2 Å². The van der Waals surface area contributed by atoms with E-state index in [0.29, 0.717) is 18.0 Å². The number of ether oxygens (including phenoxy) is 1. The molecule has 0 aliphatic heterocycles. The van der Waals surface area contributed by atoms with Crippen LogP contribution in [0.15, 0.2) is 48.5 Å².